The largest absolute Gasteiger partial charge is 0.381 e. The third-order valence-corrected chi connectivity index (χ3v) is 7.94. The molecule has 1 spiro atoms. The average Bonchev–Trinajstić information content (AvgIpc) is 3.34. The van der Waals surface area contributed by atoms with Crippen molar-refractivity contribution in [2.45, 2.75) is 51.9 Å². The van der Waals surface area contributed by atoms with E-state index in [0.29, 0.717) is 19.8 Å². The highest BCUT2D eigenvalue weighted by Gasteiger charge is 2.50. The lowest BCUT2D eigenvalue weighted by atomic mass is 9.99. The van der Waals surface area contributed by atoms with Crippen LogP contribution in [0.5, 0.6) is 0 Å². The molecule has 2 saturated heterocycles. The fourth-order valence-electron chi connectivity index (χ4n) is 4.58. The predicted octanol–water partition coefficient (Wildman–Crippen LogP) is 5.36. The van der Waals surface area contributed by atoms with E-state index >= 15 is 0 Å². The molecule has 7 heteroatoms. The van der Waals surface area contributed by atoms with Crippen LogP contribution in [0, 0.1) is 5.82 Å². The number of benzene rings is 2. The van der Waals surface area contributed by atoms with E-state index in [2.05, 4.69) is 34.1 Å². The van der Waals surface area contributed by atoms with Crippen LogP contribution < -0.4 is 0 Å². The molecule has 0 N–H and O–H groups in total. The Morgan fingerprint density at radius 3 is 2.73 bits per heavy atom. The Bertz CT molecular complexity index is 933. The standard InChI is InChI=1S/C23H24BrFO4S/c1-26-17-4-5-27-21(13-17)15-8-16(25)12-19(10-15)30-18-2-3-20-14(9-18)11-22(24)23(20)28-6-7-29-23/h2-3,8-10,12,17,21-22H,4-7,11,13H2,1H3. The lowest BCUT2D eigenvalue weighted by molar-refractivity contribution is -0.157. The van der Waals surface area contributed by atoms with E-state index in [1.165, 1.54) is 5.56 Å². The molecule has 5 rings (SSSR count). The first kappa shape index (κ1) is 20.9. The average molecular weight is 495 g/mol. The van der Waals surface area contributed by atoms with Crippen molar-refractivity contribution in [3.05, 3.63) is 58.9 Å². The third-order valence-electron chi connectivity index (χ3n) is 6.05. The van der Waals surface area contributed by atoms with Gasteiger partial charge >= 0.3 is 0 Å². The molecule has 0 radical (unpaired) electrons. The summed E-state index contributed by atoms with van der Waals surface area (Å²) in [6.07, 6.45) is 2.49. The third kappa shape index (κ3) is 3.85. The Balaban J connectivity index is 1.38. The van der Waals surface area contributed by atoms with Crippen LogP contribution in [0.25, 0.3) is 0 Å². The second-order valence-electron chi connectivity index (χ2n) is 7.92. The van der Waals surface area contributed by atoms with E-state index < -0.39 is 5.79 Å². The minimum absolute atomic E-state index is 0.0979. The zero-order chi connectivity index (χ0) is 20.7. The summed E-state index contributed by atoms with van der Waals surface area (Å²) < 4.78 is 37.7. The number of rotatable bonds is 4. The molecule has 2 aromatic carbocycles. The maximum atomic E-state index is 14.4. The van der Waals surface area contributed by atoms with Crippen LogP contribution in [0.2, 0.25) is 0 Å². The van der Waals surface area contributed by atoms with Crippen molar-refractivity contribution in [1.29, 1.82) is 0 Å². The highest BCUT2D eigenvalue weighted by atomic mass is 79.9. The molecule has 3 aliphatic rings. The highest BCUT2D eigenvalue weighted by molar-refractivity contribution is 9.09. The summed E-state index contributed by atoms with van der Waals surface area (Å²) in [6, 6.07) is 11.5. The lowest BCUT2D eigenvalue weighted by Crippen LogP contribution is -2.33. The fraction of sp³-hybridized carbons (Fsp3) is 0.478. The maximum absolute atomic E-state index is 14.4. The SMILES string of the molecule is COC1CCOC(c2cc(F)cc(Sc3ccc4c(c3)CC(Br)C43OCCO3)c2)C1. The molecule has 3 unspecified atom stereocenters. The molecule has 1 aliphatic carbocycles. The van der Waals surface area contributed by atoms with Gasteiger partial charge in [0.15, 0.2) is 0 Å². The molecule has 2 aromatic rings. The van der Waals surface area contributed by atoms with Crippen molar-refractivity contribution < 1.29 is 23.3 Å². The number of ether oxygens (including phenoxy) is 4. The summed E-state index contributed by atoms with van der Waals surface area (Å²) >= 11 is 5.30. The second kappa shape index (κ2) is 8.52. The van der Waals surface area contributed by atoms with Crippen molar-refractivity contribution in [2.75, 3.05) is 26.9 Å². The summed E-state index contributed by atoms with van der Waals surface area (Å²) in [5.41, 5.74) is 3.17. The van der Waals surface area contributed by atoms with E-state index in [9.17, 15) is 4.39 Å². The molecule has 2 heterocycles. The number of hydrogen-bond acceptors (Lipinski definition) is 5. The Morgan fingerprint density at radius 2 is 1.93 bits per heavy atom. The number of halogens is 2. The van der Waals surface area contributed by atoms with Crippen molar-refractivity contribution in [3.8, 4) is 0 Å². The first-order chi connectivity index (χ1) is 14.6. The smallest absolute Gasteiger partial charge is 0.208 e. The molecule has 4 nitrogen and oxygen atoms in total. The fourth-order valence-corrected chi connectivity index (χ4v) is 6.42. The molecule has 0 amide bonds. The quantitative estimate of drug-likeness (QED) is 0.534. The molecule has 2 aliphatic heterocycles. The van der Waals surface area contributed by atoms with Gasteiger partial charge in [0.1, 0.15) is 5.82 Å². The molecule has 0 aromatic heterocycles. The van der Waals surface area contributed by atoms with E-state index in [0.717, 1.165) is 40.2 Å². The summed E-state index contributed by atoms with van der Waals surface area (Å²) in [4.78, 5) is 2.03. The van der Waals surface area contributed by atoms with Gasteiger partial charge in [-0.3, -0.25) is 0 Å². The van der Waals surface area contributed by atoms with Crippen LogP contribution in [0.15, 0.2) is 46.2 Å². The van der Waals surface area contributed by atoms with E-state index in [1.54, 1.807) is 31.0 Å². The number of hydrogen-bond donors (Lipinski definition) is 0. The van der Waals surface area contributed by atoms with Crippen LogP contribution >= 0.6 is 27.7 Å². The first-order valence-electron chi connectivity index (χ1n) is 10.3. The van der Waals surface area contributed by atoms with E-state index in [-0.39, 0.29) is 22.9 Å². The van der Waals surface area contributed by atoms with Gasteiger partial charge in [-0.2, -0.15) is 0 Å². The van der Waals surface area contributed by atoms with Gasteiger partial charge in [-0.15, -0.1) is 0 Å². The predicted molar refractivity (Wildman–Crippen MR) is 116 cm³/mol. The zero-order valence-corrected chi connectivity index (χ0v) is 19.1. The van der Waals surface area contributed by atoms with Gasteiger partial charge in [-0.05, 0) is 54.3 Å². The Morgan fingerprint density at radius 1 is 1.10 bits per heavy atom. The van der Waals surface area contributed by atoms with Crippen molar-refractivity contribution in [1.82, 2.24) is 0 Å². The van der Waals surface area contributed by atoms with Gasteiger partial charge in [0.05, 0.1) is 30.2 Å². The number of methoxy groups -OCH3 is 1. The van der Waals surface area contributed by atoms with E-state index in [1.807, 2.05) is 6.07 Å². The molecular weight excluding hydrogens is 471 g/mol. The lowest BCUT2D eigenvalue weighted by Gasteiger charge is -2.29. The van der Waals surface area contributed by atoms with E-state index in [4.69, 9.17) is 18.9 Å². The number of fused-ring (bicyclic) bond motifs is 2. The molecular formula is C23H24BrFO4S. The Kier molecular flexibility index (Phi) is 5.94. The number of alkyl halides is 1. The summed E-state index contributed by atoms with van der Waals surface area (Å²) in [5.74, 6) is -0.910. The molecule has 3 atom stereocenters. The van der Waals surface area contributed by atoms with Gasteiger partial charge in [-0.25, -0.2) is 4.39 Å². The minimum atomic E-state index is -0.666. The molecule has 0 bridgehead atoms. The summed E-state index contributed by atoms with van der Waals surface area (Å²) in [5, 5.41) is 0. The van der Waals surface area contributed by atoms with Crippen LogP contribution in [0.1, 0.15) is 35.6 Å². The van der Waals surface area contributed by atoms with Gasteiger partial charge in [0, 0.05) is 35.5 Å². The van der Waals surface area contributed by atoms with Crippen molar-refractivity contribution in [2.24, 2.45) is 0 Å². The highest BCUT2D eigenvalue weighted by Crippen LogP contribution is 2.48. The topological polar surface area (TPSA) is 36.9 Å². The monoisotopic (exact) mass is 494 g/mol. The first-order valence-corrected chi connectivity index (χ1v) is 12.0. The van der Waals surface area contributed by atoms with Crippen LogP contribution in [-0.2, 0) is 31.2 Å². The Hall–Kier alpha value is -0.960. The van der Waals surface area contributed by atoms with Gasteiger partial charge in [-0.1, -0.05) is 33.8 Å². The zero-order valence-electron chi connectivity index (χ0n) is 16.7. The van der Waals surface area contributed by atoms with Crippen molar-refractivity contribution >= 4 is 27.7 Å². The maximum Gasteiger partial charge on any atom is 0.208 e. The molecule has 2 fully saturated rings. The summed E-state index contributed by atoms with van der Waals surface area (Å²) in [6.45, 7) is 1.85. The van der Waals surface area contributed by atoms with Crippen LogP contribution in [-0.4, -0.2) is 37.9 Å². The normalized spacial score (nSPS) is 27.5. The van der Waals surface area contributed by atoms with Gasteiger partial charge < -0.3 is 18.9 Å². The van der Waals surface area contributed by atoms with Gasteiger partial charge in [0.2, 0.25) is 5.79 Å². The molecule has 30 heavy (non-hydrogen) atoms. The van der Waals surface area contributed by atoms with Gasteiger partial charge in [0.25, 0.3) is 0 Å². The molecule has 160 valence electrons. The van der Waals surface area contributed by atoms with Crippen LogP contribution in [0.3, 0.4) is 0 Å². The molecule has 0 saturated carbocycles. The van der Waals surface area contributed by atoms with Crippen LogP contribution in [0.4, 0.5) is 4.39 Å². The minimum Gasteiger partial charge on any atom is -0.381 e. The van der Waals surface area contributed by atoms with Crippen molar-refractivity contribution in [3.63, 3.8) is 0 Å². The summed E-state index contributed by atoms with van der Waals surface area (Å²) in [7, 11) is 1.72. The Labute approximate surface area is 188 Å². The second-order valence-corrected chi connectivity index (χ2v) is 10.2.